The second-order valence-corrected chi connectivity index (χ2v) is 8.64. The number of rotatable bonds is 6. The number of hydrogen-bond acceptors (Lipinski definition) is 4. The van der Waals surface area contributed by atoms with Gasteiger partial charge < -0.3 is 9.64 Å². The molecule has 32 heavy (non-hydrogen) atoms. The van der Waals surface area contributed by atoms with E-state index in [9.17, 15) is 4.79 Å². The van der Waals surface area contributed by atoms with Crippen LogP contribution in [-0.2, 0) is 11.3 Å². The van der Waals surface area contributed by atoms with Gasteiger partial charge in [0.25, 0.3) is 0 Å². The highest BCUT2D eigenvalue weighted by Crippen LogP contribution is 2.44. The summed E-state index contributed by atoms with van der Waals surface area (Å²) in [6.45, 7) is 0.491. The zero-order chi connectivity index (χ0) is 21.9. The quantitative estimate of drug-likeness (QED) is 0.406. The van der Waals surface area contributed by atoms with Crippen LogP contribution in [0.15, 0.2) is 91.1 Å². The molecule has 2 heterocycles. The number of methoxy groups -OCH3 is 1. The summed E-state index contributed by atoms with van der Waals surface area (Å²) >= 11 is 1.64. The van der Waals surface area contributed by atoms with Crippen molar-refractivity contribution in [2.24, 2.45) is 0 Å². The van der Waals surface area contributed by atoms with Crippen LogP contribution < -0.4 is 4.74 Å². The topological polar surface area (TPSA) is 47.4 Å². The average molecular weight is 442 g/mol. The van der Waals surface area contributed by atoms with E-state index in [1.807, 2.05) is 82.4 Å². The van der Waals surface area contributed by atoms with Crippen LogP contribution in [0, 0.1) is 0 Å². The molecule has 1 aliphatic rings. The molecule has 0 unspecified atom stereocenters. The third-order valence-corrected chi connectivity index (χ3v) is 6.82. The maximum Gasteiger partial charge on any atom is 0.234 e. The van der Waals surface area contributed by atoms with Crippen LogP contribution in [0.1, 0.15) is 16.5 Å². The number of carbonyl (C=O) groups is 1. The molecule has 1 fully saturated rings. The summed E-state index contributed by atoms with van der Waals surface area (Å²) in [5.74, 6) is 1.36. The fourth-order valence-corrected chi connectivity index (χ4v) is 5.19. The van der Waals surface area contributed by atoms with Crippen LogP contribution in [0.25, 0.3) is 16.9 Å². The fourth-order valence-electron chi connectivity index (χ4n) is 4.00. The molecular formula is C26H23N3O2S. The Bertz CT molecular complexity index is 1220. The predicted molar refractivity (Wildman–Crippen MR) is 128 cm³/mol. The van der Waals surface area contributed by atoms with E-state index in [0.717, 1.165) is 33.8 Å². The average Bonchev–Trinajstić information content (AvgIpc) is 3.44. The number of hydrogen-bond donors (Lipinski definition) is 0. The lowest BCUT2D eigenvalue weighted by Gasteiger charge is -2.25. The van der Waals surface area contributed by atoms with Gasteiger partial charge in [-0.3, -0.25) is 4.79 Å². The second kappa shape index (κ2) is 8.93. The number of thioether (sulfide) groups is 1. The van der Waals surface area contributed by atoms with Gasteiger partial charge in [0.05, 0.1) is 30.8 Å². The molecule has 1 aliphatic heterocycles. The van der Waals surface area contributed by atoms with E-state index in [1.165, 1.54) is 0 Å². The smallest absolute Gasteiger partial charge is 0.234 e. The molecule has 1 amide bonds. The third-order valence-electron chi connectivity index (χ3n) is 5.58. The van der Waals surface area contributed by atoms with E-state index in [0.29, 0.717) is 12.3 Å². The Hall–Kier alpha value is -3.51. The molecule has 160 valence electrons. The zero-order valence-corrected chi connectivity index (χ0v) is 18.5. The molecule has 1 atom stereocenters. The summed E-state index contributed by atoms with van der Waals surface area (Å²) in [7, 11) is 1.66. The third kappa shape index (κ3) is 3.89. The summed E-state index contributed by atoms with van der Waals surface area (Å²) in [6.07, 6.45) is 2.06. The molecule has 3 aromatic carbocycles. The minimum atomic E-state index is -0.125. The molecule has 1 aromatic heterocycles. The molecule has 6 heteroatoms. The molecule has 0 saturated carbocycles. The molecule has 5 rings (SSSR count). The van der Waals surface area contributed by atoms with Crippen molar-refractivity contribution in [3.05, 3.63) is 102 Å². The highest BCUT2D eigenvalue weighted by molar-refractivity contribution is 8.00. The standard InChI is InChI=1S/C26H23N3O2S/c1-31-23-15-9-8-12-20(23)16-28-24(30)18-32-26(28)22-17-29(21-13-6-3-7-14-21)27-25(22)19-10-4-2-5-11-19/h2-15,17,26H,16,18H2,1H3/t26-/m1/s1. The van der Waals surface area contributed by atoms with Crippen molar-refractivity contribution in [3.8, 4) is 22.7 Å². The molecule has 1 saturated heterocycles. The maximum absolute atomic E-state index is 12.9. The first-order chi connectivity index (χ1) is 15.7. The first-order valence-electron chi connectivity index (χ1n) is 10.5. The highest BCUT2D eigenvalue weighted by Gasteiger charge is 2.36. The van der Waals surface area contributed by atoms with Gasteiger partial charge in [-0.25, -0.2) is 4.68 Å². The Morgan fingerprint density at radius 3 is 2.41 bits per heavy atom. The number of amides is 1. The Balaban J connectivity index is 1.57. The van der Waals surface area contributed by atoms with E-state index < -0.39 is 0 Å². The van der Waals surface area contributed by atoms with E-state index in [1.54, 1.807) is 18.9 Å². The lowest BCUT2D eigenvalue weighted by atomic mass is 10.1. The molecule has 0 bridgehead atoms. The zero-order valence-electron chi connectivity index (χ0n) is 17.7. The number of nitrogens with zero attached hydrogens (tertiary/aromatic N) is 3. The molecule has 0 N–H and O–H groups in total. The van der Waals surface area contributed by atoms with E-state index in [2.05, 4.69) is 18.3 Å². The number of para-hydroxylation sites is 2. The maximum atomic E-state index is 12.9. The van der Waals surface area contributed by atoms with Crippen LogP contribution in [0.4, 0.5) is 0 Å². The van der Waals surface area contributed by atoms with Gasteiger partial charge in [0.2, 0.25) is 5.91 Å². The number of aromatic nitrogens is 2. The second-order valence-electron chi connectivity index (χ2n) is 7.58. The largest absolute Gasteiger partial charge is 0.496 e. The summed E-state index contributed by atoms with van der Waals surface area (Å²) < 4.78 is 7.43. The highest BCUT2D eigenvalue weighted by atomic mass is 32.2. The summed E-state index contributed by atoms with van der Waals surface area (Å²) in [4.78, 5) is 14.9. The van der Waals surface area contributed by atoms with Gasteiger partial charge >= 0.3 is 0 Å². The van der Waals surface area contributed by atoms with E-state index in [-0.39, 0.29) is 11.3 Å². The van der Waals surface area contributed by atoms with Crippen molar-refractivity contribution in [1.29, 1.82) is 0 Å². The van der Waals surface area contributed by atoms with Gasteiger partial charge in [-0.1, -0.05) is 66.7 Å². The molecule has 0 radical (unpaired) electrons. The van der Waals surface area contributed by atoms with Crippen molar-refractivity contribution in [2.45, 2.75) is 11.9 Å². The fraction of sp³-hybridized carbons (Fsp3) is 0.154. The van der Waals surface area contributed by atoms with Gasteiger partial charge in [0.15, 0.2) is 0 Å². The van der Waals surface area contributed by atoms with Crippen LogP contribution >= 0.6 is 11.8 Å². The summed E-state index contributed by atoms with van der Waals surface area (Å²) in [5.41, 5.74) is 4.95. The Labute approximate surface area is 191 Å². The summed E-state index contributed by atoms with van der Waals surface area (Å²) in [6, 6.07) is 28.1. The molecule has 0 spiro atoms. The van der Waals surface area contributed by atoms with Crippen LogP contribution in [0.3, 0.4) is 0 Å². The van der Waals surface area contributed by atoms with Gasteiger partial charge in [-0.2, -0.15) is 5.10 Å². The van der Waals surface area contributed by atoms with Gasteiger partial charge in [0.1, 0.15) is 11.1 Å². The Morgan fingerprint density at radius 2 is 1.66 bits per heavy atom. The van der Waals surface area contributed by atoms with Crippen molar-refractivity contribution in [2.75, 3.05) is 12.9 Å². The van der Waals surface area contributed by atoms with Crippen LogP contribution in [0.2, 0.25) is 0 Å². The van der Waals surface area contributed by atoms with Crippen LogP contribution in [-0.4, -0.2) is 33.5 Å². The molecular weight excluding hydrogens is 418 g/mol. The van der Waals surface area contributed by atoms with Crippen molar-refractivity contribution >= 4 is 17.7 Å². The minimum Gasteiger partial charge on any atom is -0.496 e. The SMILES string of the molecule is COc1ccccc1CN1C(=O)CS[C@@H]1c1cn(-c2ccccc2)nc1-c1ccccc1. The monoisotopic (exact) mass is 441 g/mol. The van der Waals surface area contributed by atoms with Crippen molar-refractivity contribution in [3.63, 3.8) is 0 Å². The lowest BCUT2D eigenvalue weighted by Crippen LogP contribution is -2.28. The van der Waals surface area contributed by atoms with E-state index >= 15 is 0 Å². The van der Waals surface area contributed by atoms with Gasteiger partial charge in [0, 0.05) is 22.9 Å². The summed E-state index contributed by atoms with van der Waals surface area (Å²) in [5, 5.41) is 4.81. The molecule has 0 aliphatic carbocycles. The first-order valence-corrected chi connectivity index (χ1v) is 11.5. The Morgan fingerprint density at radius 1 is 0.969 bits per heavy atom. The Kier molecular flexibility index (Phi) is 5.69. The number of carbonyl (C=O) groups excluding carboxylic acids is 1. The number of ether oxygens (including phenoxy) is 1. The van der Waals surface area contributed by atoms with E-state index in [4.69, 9.17) is 9.84 Å². The van der Waals surface area contributed by atoms with Gasteiger partial charge in [-0.15, -0.1) is 11.8 Å². The minimum absolute atomic E-state index is 0.123. The molecule has 4 aromatic rings. The first kappa shape index (κ1) is 20.4. The van der Waals surface area contributed by atoms with Gasteiger partial charge in [-0.05, 0) is 18.2 Å². The van der Waals surface area contributed by atoms with Crippen molar-refractivity contribution < 1.29 is 9.53 Å². The van der Waals surface area contributed by atoms with Crippen LogP contribution in [0.5, 0.6) is 5.75 Å². The number of benzene rings is 3. The predicted octanol–water partition coefficient (Wildman–Crippen LogP) is 5.32. The van der Waals surface area contributed by atoms with Crippen molar-refractivity contribution in [1.82, 2.24) is 14.7 Å². The molecule has 5 nitrogen and oxygen atoms in total. The lowest BCUT2D eigenvalue weighted by molar-refractivity contribution is -0.128. The normalized spacial score (nSPS) is 15.8.